The van der Waals surface area contributed by atoms with Crippen molar-refractivity contribution >= 4 is 62.4 Å². The SMILES string of the molecule is CCC=CCC=CCC=CCC=CCC=CCCCC(=O)NCCSSCCNC(=O)c1ccc(Nc2ncc3c(n2)-c2ccc(Cl)cc2C(c2c(F)cccc2F)=NC3)cc1. The number of hydrogen-bond acceptors (Lipinski definition) is 8. The van der Waals surface area contributed by atoms with E-state index in [1.54, 1.807) is 70.2 Å². The molecule has 1 aliphatic heterocycles. The van der Waals surface area contributed by atoms with E-state index in [-0.39, 0.29) is 29.6 Å². The molecule has 4 aromatic rings. The Morgan fingerprint density at radius 3 is 2.06 bits per heavy atom. The number of amides is 2. The van der Waals surface area contributed by atoms with Gasteiger partial charge in [0.1, 0.15) is 11.6 Å². The van der Waals surface area contributed by atoms with E-state index in [0.29, 0.717) is 64.1 Å². The molecule has 0 fully saturated rings. The third kappa shape index (κ3) is 15.9. The maximum atomic E-state index is 14.9. The Morgan fingerprint density at radius 1 is 0.774 bits per heavy atom. The predicted octanol–water partition coefficient (Wildman–Crippen LogP) is 12.3. The summed E-state index contributed by atoms with van der Waals surface area (Å²) in [6.07, 6.45) is 30.6. The minimum atomic E-state index is -0.724. The number of nitrogens with zero attached hydrogens (tertiary/aromatic N) is 3. The van der Waals surface area contributed by atoms with E-state index >= 15 is 0 Å². The molecule has 0 bridgehead atoms. The fourth-order valence-electron chi connectivity index (χ4n) is 6.25. The molecule has 2 heterocycles. The van der Waals surface area contributed by atoms with E-state index in [4.69, 9.17) is 16.6 Å². The van der Waals surface area contributed by atoms with Crippen LogP contribution in [0.5, 0.6) is 0 Å². The van der Waals surface area contributed by atoms with Crippen LogP contribution in [0, 0.1) is 11.6 Å². The number of nitrogens with one attached hydrogen (secondary N) is 3. The third-order valence-electron chi connectivity index (χ3n) is 9.36. The Morgan fingerprint density at radius 2 is 1.40 bits per heavy atom. The largest absolute Gasteiger partial charge is 0.355 e. The van der Waals surface area contributed by atoms with E-state index in [1.165, 1.54) is 18.2 Å². The highest BCUT2D eigenvalue weighted by Gasteiger charge is 2.25. The molecule has 0 radical (unpaired) electrons. The first-order valence-electron chi connectivity index (χ1n) is 20.9. The summed E-state index contributed by atoms with van der Waals surface area (Å²) in [7, 11) is 3.31. The fraction of sp³-hybridized carbons (Fsp3) is 0.286. The normalized spacial score (nSPS) is 12.6. The molecule has 2 amide bonds. The lowest BCUT2D eigenvalue weighted by molar-refractivity contribution is -0.121. The van der Waals surface area contributed by atoms with E-state index < -0.39 is 11.6 Å². The number of rotatable bonds is 24. The molecule has 1 aromatic heterocycles. The Hall–Kier alpha value is -5.30. The predicted molar refractivity (Wildman–Crippen MR) is 256 cm³/mol. The number of aliphatic imine (C=N–C) groups is 1. The summed E-state index contributed by atoms with van der Waals surface area (Å²) in [4.78, 5) is 38.8. The van der Waals surface area contributed by atoms with Gasteiger partial charge >= 0.3 is 0 Å². The average molecular weight is 896 g/mol. The number of unbranched alkanes of at least 4 members (excludes halogenated alkanes) is 1. The first-order chi connectivity index (χ1) is 30.3. The zero-order valence-corrected chi connectivity index (χ0v) is 37.3. The van der Waals surface area contributed by atoms with Crippen LogP contribution in [0.2, 0.25) is 5.02 Å². The Labute approximate surface area is 377 Å². The van der Waals surface area contributed by atoms with Gasteiger partial charge < -0.3 is 16.0 Å². The highest BCUT2D eigenvalue weighted by molar-refractivity contribution is 8.76. The van der Waals surface area contributed by atoms with Crippen molar-refractivity contribution in [3.05, 3.63) is 167 Å². The van der Waals surface area contributed by atoms with Gasteiger partial charge in [-0.15, -0.1) is 0 Å². The molecular weight excluding hydrogens is 842 g/mol. The summed E-state index contributed by atoms with van der Waals surface area (Å²) in [6.45, 7) is 3.36. The quantitative estimate of drug-likeness (QED) is 0.0365. The lowest BCUT2D eigenvalue weighted by Gasteiger charge is -2.13. The first kappa shape index (κ1) is 47.7. The molecule has 5 rings (SSSR count). The van der Waals surface area contributed by atoms with Gasteiger partial charge in [-0.3, -0.25) is 14.6 Å². The number of halogens is 3. The van der Waals surface area contributed by atoms with E-state index in [1.807, 2.05) is 0 Å². The monoisotopic (exact) mass is 894 g/mol. The zero-order chi connectivity index (χ0) is 43.8. The van der Waals surface area contributed by atoms with Crippen LogP contribution in [0.15, 0.2) is 133 Å². The van der Waals surface area contributed by atoms with Crippen molar-refractivity contribution in [3.8, 4) is 11.3 Å². The van der Waals surface area contributed by atoms with Crippen LogP contribution in [-0.4, -0.2) is 52.1 Å². The Bertz CT molecular complexity index is 2260. The average Bonchev–Trinajstić information content (AvgIpc) is 3.42. The summed E-state index contributed by atoms with van der Waals surface area (Å²) in [5, 5.41) is 9.50. The van der Waals surface area contributed by atoms with Crippen LogP contribution in [0.3, 0.4) is 0 Å². The molecule has 3 N–H and O–H groups in total. The minimum Gasteiger partial charge on any atom is -0.355 e. The van der Waals surface area contributed by atoms with Crippen LogP contribution in [0.25, 0.3) is 11.3 Å². The molecule has 0 spiro atoms. The van der Waals surface area contributed by atoms with Crippen LogP contribution >= 0.6 is 33.2 Å². The molecule has 0 aliphatic carbocycles. The molecule has 0 unspecified atom stereocenters. The van der Waals surface area contributed by atoms with Crippen molar-refractivity contribution in [2.45, 2.75) is 64.8 Å². The third-order valence-corrected chi connectivity index (χ3v) is 12.0. The van der Waals surface area contributed by atoms with Crippen molar-refractivity contribution in [1.29, 1.82) is 0 Å². The lowest BCUT2D eigenvalue weighted by Crippen LogP contribution is -2.26. The fourth-order valence-corrected chi connectivity index (χ4v) is 8.24. The van der Waals surface area contributed by atoms with Crippen molar-refractivity contribution in [3.63, 3.8) is 0 Å². The second-order valence-corrected chi connectivity index (χ2v) is 17.2. The number of fused-ring (bicyclic) bond motifs is 3. The van der Waals surface area contributed by atoms with E-state index in [2.05, 4.69) is 93.6 Å². The second-order valence-electron chi connectivity index (χ2n) is 14.1. The minimum absolute atomic E-state index is 0.0731. The number of carbonyl (C=O) groups excluding carboxylic acids is 2. The number of hydrogen-bond donors (Lipinski definition) is 3. The summed E-state index contributed by atoms with van der Waals surface area (Å²) in [5.41, 5.74) is 3.42. The van der Waals surface area contributed by atoms with Gasteiger partial charge in [0.25, 0.3) is 5.91 Å². The van der Waals surface area contributed by atoms with Gasteiger partial charge in [-0.25, -0.2) is 18.7 Å². The molecule has 0 saturated carbocycles. The summed E-state index contributed by atoms with van der Waals surface area (Å²) in [6, 6.07) is 15.8. The highest BCUT2D eigenvalue weighted by Crippen LogP contribution is 2.35. The molecule has 1 aliphatic rings. The lowest BCUT2D eigenvalue weighted by atomic mass is 9.95. The maximum Gasteiger partial charge on any atom is 0.251 e. The van der Waals surface area contributed by atoms with Gasteiger partial charge in [0.05, 0.1) is 23.5 Å². The van der Waals surface area contributed by atoms with Crippen molar-refractivity contribution in [1.82, 2.24) is 20.6 Å². The first-order valence-corrected chi connectivity index (χ1v) is 23.8. The zero-order valence-electron chi connectivity index (χ0n) is 34.9. The van der Waals surface area contributed by atoms with Crippen LogP contribution in [0.4, 0.5) is 20.4 Å². The number of carbonyl (C=O) groups is 2. The highest BCUT2D eigenvalue weighted by atomic mass is 35.5. The van der Waals surface area contributed by atoms with Crippen molar-refractivity contribution in [2.24, 2.45) is 4.99 Å². The summed E-state index contributed by atoms with van der Waals surface area (Å²) >= 11 is 6.34. The Kier molecular flexibility index (Phi) is 20.7. The summed E-state index contributed by atoms with van der Waals surface area (Å²) in [5.74, 6) is 0.251. The van der Waals surface area contributed by atoms with Crippen LogP contribution < -0.4 is 16.0 Å². The standard InChI is InChI=1S/C49H53ClF2N6O2S2/c1-2-3-4-5-6-7-8-9-10-11-12-13-14-15-16-17-18-22-44(59)53-29-31-61-62-32-30-54-48(60)36-23-26-39(27-24-36)57-49-56-35-37-34-55-47(45-42(51)20-19-21-43(45)52)41-33-38(50)25-28-40(41)46(37)58-49/h3-4,6-7,9-10,12-13,15-16,19-21,23-28,33,35H,2,5,8,11,14,17-18,22,29-32,34H2,1H3,(H,53,59)(H,54,60)(H,56,57,58). The van der Waals surface area contributed by atoms with Crippen LogP contribution in [-0.2, 0) is 11.3 Å². The molecule has 13 heteroatoms. The van der Waals surface area contributed by atoms with Crippen molar-refractivity contribution in [2.75, 3.05) is 29.9 Å². The molecular formula is C49H53ClF2N6O2S2. The molecule has 324 valence electrons. The number of benzene rings is 3. The number of allylic oxidation sites excluding steroid dienone is 10. The Balaban J connectivity index is 0.935. The maximum absolute atomic E-state index is 14.9. The van der Waals surface area contributed by atoms with Gasteiger partial charge in [0.15, 0.2) is 0 Å². The van der Waals surface area contributed by atoms with Gasteiger partial charge in [0, 0.05) is 70.2 Å². The number of aromatic nitrogens is 2. The molecule has 0 atom stereocenters. The van der Waals surface area contributed by atoms with Crippen LogP contribution in [0.1, 0.15) is 85.3 Å². The smallest absolute Gasteiger partial charge is 0.251 e. The topological polar surface area (TPSA) is 108 Å². The van der Waals surface area contributed by atoms with Crippen molar-refractivity contribution < 1.29 is 18.4 Å². The second kappa shape index (κ2) is 26.9. The molecule has 62 heavy (non-hydrogen) atoms. The van der Waals surface area contributed by atoms with Gasteiger partial charge in [-0.1, -0.05) is 113 Å². The molecule has 3 aromatic carbocycles. The summed E-state index contributed by atoms with van der Waals surface area (Å²) < 4.78 is 29.8. The van der Waals surface area contributed by atoms with E-state index in [9.17, 15) is 18.4 Å². The number of anilines is 2. The molecule has 0 saturated heterocycles. The van der Waals surface area contributed by atoms with E-state index in [0.717, 1.165) is 56.5 Å². The van der Waals surface area contributed by atoms with Gasteiger partial charge in [-0.05, 0) is 93.5 Å². The van der Waals surface area contributed by atoms with Gasteiger partial charge in [0.2, 0.25) is 11.9 Å². The van der Waals surface area contributed by atoms with Gasteiger partial charge in [-0.2, -0.15) is 0 Å². The molecule has 8 nitrogen and oxygen atoms in total.